The van der Waals surface area contributed by atoms with Crippen LogP contribution in [0, 0.1) is 0 Å². The molecule has 2 N–H and O–H groups in total. The molecule has 0 aliphatic carbocycles. The molecular weight excluding hydrogens is 190 g/mol. The first-order valence-corrected chi connectivity index (χ1v) is 5.58. The third kappa shape index (κ3) is 4.01. The second kappa shape index (κ2) is 6.58. The molecule has 0 aliphatic rings. The molecule has 0 radical (unpaired) electrons. The van der Waals surface area contributed by atoms with Gasteiger partial charge in [0.05, 0.1) is 5.69 Å². The minimum atomic E-state index is 0.303. The van der Waals surface area contributed by atoms with Crippen molar-refractivity contribution in [2.45, 2.75) is 32.2 Å². The first-order chi connectivity index (χ1) is 7.25. The summed E-state index contributed by atoms with van der Waals surface area (Å²) in [5.41, 5.74) is 1.21. The van der Waals surface area contributed by atoms with Gasteiger partial charge in [-0.05, 0) is 38.8 Å². The molecule has 1 aromatic heterocycles. The lowest BCUT2D eigenvalue weighted by Crippen LogP contribution is -2.22. The summed E-state index contributed by atoms with van der Waals surface area (Å²) < 4.78 is 1.89. The van der Waals surface area contributed by atoms with Crippen LogP contribution in [0.1, 0.15) is 37.9 Å². The molecule has 4 nitrogen and oxygen atoms in total. The first kappa shape index (κ1) is 12.2. The number of aromatic nitrogens is 2. The average Bonchev–Trinajstić information content (AvgIpc) is 2.64. The summed E-state index contributed by atoms with van der Waals surface area (Å²) in [4.78, 5) is 0. The van der Waals surface area contributed by atoms with Crippen LogP contribution < -0.4 is 5.32 Å². The molecule has 1 atom stereocenters. The maximum atomic E-state index is 8.63. The summed E-state index contributed by atoms with van der Waals surface area (Å²) in [5.74, 6) is 0. The van der Waals surface area contributed by atoms with E-state index in [4.69, 9.17) is 5.11 Å². The van der Waals surface area contributed by atoms with Gasteiger partial charge >= 0.3 is 0 Å². The number of aliphatic hydroxyl groups excluding tert-OH is 1. The molecule has 0 fully saturated rings. The van der Waals surface area contributed by atoms with Crippen LogP contribution in [-0.2, 0) is 7.05 Å². The van der Waals surface area contributed by atoms with Gasteiger partial charge in [0, 0.05) is 25.9 Å². The molecule has 15 heavy (non-hydrogen) atoms. The van der Waals surface area contributed by atoms with Crippen molar-refractivity contribution in [2.75, 3.05) is 13.2 Å². The molecule has 0 spiro atoms. The van der Waals surface area contributed by atoms with Gasteiger partial charge in [0.2, 0.25) is 0 Å². The van der Waals surface area contributed by atoms with E-state index in [-0.39, 0.29) is 0 Å². The Kier molecular flexibility index (Phi) is 5.36. The van der Waals surface area contributed by atoms with Gasteiger partial charge in [-0.3, -0.25) is 4.68 Å². The lowest BCUT2D eigenvalue weighted by Gasteiger charge is -2.13. The normalized spacial score (nSPS) is 13.0. The van der Waals surface area contributed by atoms with E-state index in [1.165, 1.54) is 5.69 Å². The van der Waals surface area contributed by atoms with Crippen molar-refractivity contribution in [1.29, 1.82) is 0 Å². The van der Waals surface area contributed by atoms with Crippen LogP contribution in [0.5, 0.6) is 0 Å². The van der Waals surface area contributed by atoms with Gasteiger partial charge in [-0.1, -0.05) is 0 Å². The van der Waals surface area contributed by atoms with Crippen molar-refractivity contribution in [3.8, 4) is 0 Å². The Labute approximate surface area is 91.3 Å². The third-order valence-corrected chi connectivity index (χ3v) is 2.59. The van der Waals surface area contributed by atoms with Crippen LogP contribution in [0.4, 0.5) is 0 Å². The Morgan fingerprint density at radius 2 is 2.27 bits per heavy atom. The highest BCUT2D eigenvalue weighted by molar-refractivity contribution is 5.04. The maximum absolute atomic E-state index is 8.63. The summed E-state index contributed by atoms with van der Waals surface area (Å²) in [6, 6.07) is 2.37. The number of aryl methyl sites for hydroxylation is 1. The van der Waals surface area contributed by atoms with Crippen LogP contribution in [0.25, 0.3) is 0 Å². The van der Waals surface area contributed by atoms with Crippen LogP contribution in [0.2, 0.25) is 0 Å². The number of aliphatic hydroxyl groups is 1. The van der Waals surface area contributed by atoms with Crippen LogP contribution in [-0.4, -0.2) is 28.0 Å². The van der Waals surface area contributed by atoms with Gasteiger partial charge in [-0.2, -0.15) is 5.10 Å². The van der Waals surface area contributed by atoms with Crippen molar-refractivity contribution in [3.05, 3.63) is 18.0 Å². The number of nitrogens with one attached hydrogen (secondary N) is 1. The minimum Gasteiger partial charge on any atom is -0.396 e. The Bertz CT molecular complexity index is 273. The first-order valence-electron chi connectivity index (χ1n) is 5.58. The van der Waals surface area contributed by atoms with Crippen molar-refractivity contribution in [1.82, 2.24) is 15.1 Å². The van der Waals surface area contributed by atoms with Crippen LogP contribution in [0.15, 0.2) is 12.3 Å². The van der Waals surface area contributed by atoms with Crippen LogP contribution in [0.3, 0.4) is 0 Å². The molecule has 0 aromatic carbocycles. The third-order valence-electron chi connectivity index (χ3n) is 2.59. The molecule has 0 amide bonds. The second-order valence-corrected chi connectivity index (χ2v) is 3.84. The second-order valence-electron chi connectivity index (χ2n) is 3.84. The smallest absolute Gasteiger partial charge is 0.0547 e. The van der Waals surface area contributed by atoms with Gasteiger partial charge in [0.1, 0.15) is 0 Å². The van der Waals surface area contributed by atoms with Gasteiger partial charge in [-0.15, -0.1) is 0 Å². The highest BCUT2D eigenvalue weighted by Gasteiger charge is 2.07. The lowest BCUT2D eigenvalue weighted by atomic mass is 10.2. The monoisotopic (exact) mass is 211 g/mol. The molecule has 0 saturated heterocycles. The van der Waals surface area contributed by atoms with E-state index in [1.54, 1.807) is 0 Å². The number of hydrogen-bond acceptors (Lipinski definition) is 3. The molecule has 86 valence electrons. The zero-order chi connectivity index (χ0) is 11.1. The Hall–Kier alpha value is -0.870. The van der Waals surface area contributed by atoms with E-state index < -0.39 is 0 Å². The van der Waals surface area contributed by atoms with Crippen molar-refractivity contribution < 1.29 is 5.11 Å². The van der Waals surface area contributed by atoms with E-state index in [0.717, 1.165) is 25.8 Å². The molecule has 1 heterocycles. The predicted molar refractivity (Wildman–Crippen MR) is 60.6 cm³/mol. The topological polar surface area (TPSA) is 50.1 Å². The van der Waals surface area contributed by atoms with Gasteiger partial charge in [0.25, 0.3) is 0 Å². The predicted octanol–water partition coefficient (Wildman–Crippen LogP) is 1.23. The van der Waals surface area contributed by atoms with Crippen LogP contribution >= 0.6 is 0 Å². The van der Waals surface area contributed by atoms with E-state index >= 15 is 0 Å². The highest BCUT2D eigenvalue weighted by Crippen LogP contribution is 2.09. The Morgan fingerprint density at radius 3 is 2.87 bits per heavy atom. The summed E-state index contributed by atoms with van der Waals surface area (Å²) in [7, 11) is 1.96. The van der Waals surface area contributed by atoms with Crippen molar-refractivity contribution in [2.24, 2.45) is 7.05 Å². The van der Waals surface area contributed by atoms with E-state index in [1.807, 2.05) is 24.0 Å². The molecule has 1 rings (SSSR count). The molecule has 0 saturated carbocycles. The Morgan fingerprint density at radius 1 is 1.47 bits per heavy atom. The maximum Gasteiger partial charge on any atom is 0.0547 e. The summed E-state index contributed by atoms with van der Waals surface area (Å²) in [6.45, 7) is 3.44. The molecule has 4 heteroatoms. The van der Waals surface area contributed by atoms with Gasteiger partial charge in [0.15, 0.2) is 0 Å². The highest BCUT2D eigenvalue weighted by atomic mass is 16.2. The fourth-order valence-corrected chi connectivity index (χ4v) is 1.65. The summed E-state index contributed by atoms with van der Waals surface area (Å²) in [5, 5.41) is 16.2. The summed E-state index contributed by atoms with van der Waals surface area (Å²) in [6.07, 6.45) is 4.92. The molecule has 1 unspecified atom stereocenters. The largest absolute Gasteiger partial charge is 0.396 e. The number of unbranched alkanes of at least 4 members (excludes halogenated alkanes) is 2. The SMILES string of the molecule is CC(NCCCCCO)c1ccnn1C. The summed E-state index contributed by atoms with van der Waals surface area (Å²) >= 11 is 0. The molecule has 0 bridgehead atoms. The van der Waals surface area contributed by atoms with Gasteiger partial charge in [-0.25, -0.2) is 0 Å². The fraction of sp³-hybridized carbons (Fsp3) is 0.727. The molecule has 0 aliphatic heterocycles. The average molecular weight is 211 g/mol. The number of rotatable bonds is 7. The van der Waals surface area contributed by atoms with E-state index in [2.05, 4.69) is 17.3 Å². The number of hydrogen-bond donors (Lipinski definition) is 2. The van der Waals surface area contributed by atoms with E-state index in [0.29, 0.717) is 12.6 Å². The van der Waals surface area contributed by atoms with E-state index in [9.17, 15) is 0 Å². The number of nitrogens with zero attached hydrogens (tertiary/aromatic N) is 2. The van der Waals surface area contributed by atoms with Gasteiger partial charge < -0.3 is 10.4 Å². The minimum absolute atomic E-state index is 0.303. The quantitative estimate of drug-likeness (QED) is 0.667. The standard InChI is InChI=1S/C11H21N3O/c1-10(11-6-8-13-14(11)2)12-7-4-3-5-9-15/h6,8,10,12,15H,3-5,7,9H2,1-2H3. The lowest BCUT2D eigenvalue weighted by molar-refractivity contribution is 0.282. The zero-order valence-corrected chi connectivity index (χ0v) is 9.61. The zero-order valence-electron chi connectivity index (χ0n) is 9.61. The Balaban J connectivity index is 2.19. The molecular formula is C11H21N3O. The van der Waals surface area contributed by atoms with Crippen molar-refractivity contribution >= 4 is 0 Å². The molecule has 1 aromatic rings. The van der Waals surface area contributed by atoms with Crippen molar-refractivity contribution in [3.63, 3.8) is 0 Å². The fourth-order valence-electron chi connectivity index (χ4n) is 1.65.